The third-order valence-electron chi connectivity index (χ3n) is 5.64. The molecular weight excluding hydrogens is 304 g/mol. The molecule has 2 fully saturated rings. The van der Waals surface area contributed by atoms with Gasteiger partial charge in [0, 0.05) is 43.8 Å². The highest BCUT2D eigenvalue weighted by Gasteiger charge is 2.44. The average Bonchev–Trinajstić information content (AvgIpc) is 2.95. The highest BCUT2D eigenvalue weighted by atomic mass is 16.5. The van der Waals surface area contributed by atoms with Crippen molar-refractivity contribution >= 4 is 16.8 Å². The summed E-state index contributed by atoms with van der Waals surface area (Å²) in [7, 11) is 1.97. The van der Waals surface area contributed by atoms with Crippen LogP contribution in [0, 0.1) is 0 Å². The molecule has 2 aromatic rings. The quantitative estimate of drug-likeness (QED) is 0.874. The minimum absolute atomic E-state index is 0.0759. The summed E-state index contributed by atoms with van der Waals surface area (Å²) in [5.74, 6) is 0.0759. The van der Waals surface area contributed by atoms with E-state index in [4.69, 9.17) is 4.74 Å². The summed E-state index contributed by atoms with van der Waals surface area (Å²) in [6, 6.07) is 7.99. The number of ether oxygens (including phenoxy) is 1. The Labute approximate surface area is 141 Å². The van der Waals surface area contributed by atoms with Gasteiger partial charge in [-0.1, -0.05) is 18.2 Å². The summed E-state index contributed by atoms with van der Waals surface area (Å²) >= 11 is 0. The van der Waals surface area contributed by atoms with E-state index in [1.165, 1.54) is 0 Å². The second-order valence-corrected chi connectivity index (χ2v) is 7.03. The number of carbonyl (C=O) groups excluding carboxylic acids is 1. The van der Waals surface area contributed by atoms with Crippen LogP contribution in [-0.4, -0.2) is 51.9 Å². The van der Waals surface area contributed by atoms with Crippen molar-refractivity contribution in [1.29, 1.82) is 0 Å². The zero-order valence-corrected chi connectivity index (χ0v) is 14.1. The largest absolute Gasteiger partial charge is 0.390 e. The molecule has 0 bridgehead atoms. The number of aryl methyl sites for hydroxylation is 1. The number of fused-ring (bicyclic) bond motifs is 1. The summed E-state index contributed by atoms with van der Waals surface area (Å²) in [4.78, 5) is 14.9. The Morgan fingerprint density at radius 2 is 2.04 bits per heavy atom. The fraction of sp³-hybridized carbons (Fsp3) is 0.526. The van der Waals surface area contributed by atoms with Crippen molar-refractivity contribution < 1.29 is 14.6 Å². The molecule has 2 aliphatic rings. The van der Waals surface area contributed by atoms with Gasteiger partial charge in [-0.25, -0.2) is 0 Å². The summed E-state index contributed by atoms with van der Waals surface area (Å²) in [6.07, 6.45) is 4.67. The molecule has 3 heterocycles. The summed E-state index contributed by atoms with van der Waals surface area (Å²) in [6.45, 7) is 1.99. The lowest BCUT2D eigenvalue weighted by Crippen LogP contribution is -2.56. The van der Waals surface area contributed by atoms with E-state index in [2.05, 4.69) is 0 Å². The molecule has 0 saturated carbocycles. The number of aliphatic hydroxyl groups excluding tert-OH is 1. The van der Waals surface area contributed by atoms with Gasteiger partial charge in [0.2, 0.25) is 0 Å². The van der Waals surface area contributed by atoms with Crippen LogP contribution in [0.25, 0.3) is 10.9 Å². The number of para-hydroxylation sites is 1. The van der Waals surface area contributed by atoms with Crippen LogP contribution in [0.1, 0.15) is 36.0 Å². The molecule has 1 N–H and O–H groups in total. The highest BCUT2D eigenvalue weighted by Crippen LogP contribution is 2.36. The monoisotopic (exact) mass is 328 g/mol. The Morgan fingerprint density at radius 1 is 1.29 bits per heavy atom. The average molecular weight is 328 g/mol. The van der Waals surface area contributed by atoms with Crippen LogP contribution in [-0.2, 0) is 11.8 Å². The lowest BCUT2D eigenvalue weighted by Gasteiger charge is -2.46. The first kappa shape index (κ1) is 15.7. The molecule has 5 nitrogen and oxygen atoms in total. The van der Waals surface area contributed by atoms with Crippen molar-refractivity contribution in [3.05, 3.63) is 36.0 Å². The molecule has 2 saturated heterocycles. The minimum Gasteiger partial charge on any atom is -0.390 e. The Bertz CT molecular complexity index is 759. The van der Waals surface area contributed by atoms with Crippen LogP contribution >= 0.6 is 0 Å². The van der Waals surface area contributed by atoms with E-state index in [9.17, 15) is 9.90 Å². The number of piperidine rings is 1. The topological polar surface area (TPSA) is 54.7 Å². The van der Waals surface area contributed by atoms with Gasteiger partial charge in [-0.15, -0.1) is 0 Å². The normalized spacial score (nSPS) is 23.8. The van der Waals surface area contributed by atoms with Gasteiger partial charge < -0.3 is 19.3 Å². The molecule has 0 aliphatic carbocycles. The number of amides is 1. The molecule has 1 amide bonds. The third-order valence-corrected chi connectivity index (χ3v) is 5.64. The van der Waals surface area contributed by atoms with Gasteiger partial charge in [0.05, 0.1) is 17.3 Å². The Balaban J connectivity index is 1.54. The SMILES string of the molecule is Cn1cc(C(=O)N2CCC3(CC2)OCCC[C@H]3O)c2ccccc21. The van der Waals surface area contributed by atoms with Crippen LogP contribution < -0.4 is 0 Å². The van der Waals surface area contributed by atoms with Gasteiger partial charge >= 0.3 is 0 Å². The zero-order chi connectivity index (χ0) is 16.7. The smallest absolute Gasteiger partial charge is 0.256 e. The number of rotatable bonds is 1. The maximum atomic E-state index is 13.0. The second-order valence-electron chi connectivity index (χ2n) is 7.03. The van der Waals surface area contributed by atoms with Crippen molar-refractivity contribution in [2.75, 3.05) is 19.7 Å². The minimum atomic E-state index is -0.437. The number of benzene rings is 1. The number of aliphatic hydroxyl groups is 1. The summed E-state index contributed by atoms with van der Waals surface area (Å²) in [5.41, 5.74) is 1.39. The van der Waals surface area contributed by atoms with Gasteiger partial charge in [0.25, 0.3) is 5.91 Å². The molecule has 2 aliphatic heterocycles. The van der Waals surface area contributed by atoms with E-state index in [0.717, 1.165) is 29.3 Å². The maximum Gasteiger partial charge on any atom is 0.256 e. The van der Waals surface area contributed by atoms with E-state index in [0.29, 0.717) is 32.5 Å². The van der Waals surface area contributed by atoms with E-state index >= 15 is 0 Å². The molecule has 128 valence electrons. The van der Waals surface area contributed by atoms with Gasteiger partial charge in [-0.2, -0.15) is 0 Å². The van der Waals surface area contributed by atoms with Gasteiger partial charge in [0.15, 0.2) is 0 Å². The molecule has 1 aromatic heterocycles. The van der Waals surface area contributed by atoms with E-state index < -0.39 is 11.7 Å². The first-order chi connectivity index (χ1) is 11.6. The Hall–Kier alpha value is -1.85. The van der Waals surface area contributed by atoms with Crippen LogP contribution in [0.15, 0.2) is 30.5 Å². The van der Waals surface area contributed by atoms with Crippen LogP contribution in [0.5, 0.6) is 0 Å². The molecule has 1 aromatic carbocycles. The first-order valence-electron chi connectivity index (χ1n) is 8.76. The summed E-state index contributed by atoms with van der Waals surface area (Å²) in [5, 5.41) is 11.3. The van der Waals surface area contributed by atoms with Crippen LogP contribution in [0.4, 0.5) is 0 Å². The molecule has 0 radical (unpaired) electrons. The van der Waals surface area contributed by atoms with Gasteiger partial charge in [-0.05, 0) is 31.7 Å². The Morgan fingerprint density at radius 3 is 2.79 bits per heavy atom. The molecular formula is C19H24N2O3. The fourth-order valence-corrected chi connectivity index (χ4v) is 4.16. The van der Waals surface area contributed by atoms with Crippen molar-refractivity contribution in [3.63, 3.8) is 0 Å². The lowest BCUT2D eigenvalue weighted by atomic mass is 9.82. The molecule has 4 rings (SSSR count). The lowest BCUT2D eigenvalue weighted by molar-refractivity contribution is -0.174. The van der Waals surface area contributed by atoms with E-state index in [1.807, 2.05) is 47.0 Å². The predicted molar refractivity (Wildman–Crippen MR) is 92.0 cm³/mol. The number of likely N-dealkylation sites (tertiary alicyclic amines) is 1. The number of carbonyl (C=O) groups is 1. The third kappa shape index (κ3) is 2.43. The van der Waals surface area contributed by atoms with Crippen LogP contribution in [0.3, 0.4) is 0 Å². The maximum absolute atomic E-state index is 13.0. The van der Waals surface area contributed by atoms with E-state index in [-0.39, 0.29) is 5.91 Å². The number of aromatic nitrogens is 1. The molecule has 0 unspecified atom stereocenters. The van der Waals surface area contributed by atoms with E-state index in [1.54, 1.807) is 0 Å². The number of nitrogens with zero attached hydrogens (tertiary/aromatic N) is 2. The number of hydrogen-bond acceptors (Lipinski definition) is 3. The first-order valence-corrected chi connectivity index (χ1v) is 8.76. The molecule has 1 atom stereocenters. The molecule has 1 spiro atoms. The zero-order valence-electron chi connectivity index (χ0n) is 14.1. The second kappa shape index (κ2) is 5.90. The van der Waals surface area contributed by atoms with Gasteiger partial charge in [0.1, 0.15) is 0 Å². The van der Waals surface area contributed by atoms with Crippen molar-refractivity contribution in [3.8, 4) is 0 Å². The molecule has 24 heavy (non-hydrogen) atoms. The fourth-order valence-electron chi connectivity index (χ4n) is 4.16. The van der Waals surface area contributed by atoms with Gasteiger partial charge in [-0.3, -0.25) is 4.79 Å². The van der Waals surface area contributed by atoms with Crippen molar-refractivity contribution in [1.82, 2.24) is 9.47 Å². The van der Waals surface area contributed by atoms with Crippen molar-refractivity contribution in [2.24, 2.45) is 7.05 Å². The highest BCUT2D eigenvalue weighted by molar-refractivity contribution is 6.07. The molecule has 5 heteroatoms. The predicted octanol–water partition coefficient (Wildman–Crippen LogP) is 2.32. The number of hydrogen-bond donors (Lipinski definition) is 1. The standard InChI is InChI=1S/C19H24N2O3/c1-20-13-15(14-5-2-3-6-16(14)20)18(23)21-10-8-19(9-11-21)17(22)7-4-12-24-19/h2-3,5-6,13,17,22H,4,7-12H2,1H3/t17-/m1/s1. The van der Waals surface area contributed by atoms with Crippen molar-refractivity contribution in [2.45, 2.75) is 37.4 Å². The van der Waals surface area contributed by atoms with Crippen LogP contribution in [0.2, 0.25) is 0 Å². The Kier molecular flexibility index (Phi) is 3.85. The summed E-state index contributed by atoms with van der Waals surface area (Å²) < 4.78 is 7.94.